The minimum atomic E-state index is -4.62. The third-order valence-electron chi connectivity index (χ3n) is 9.62. The van der Waals surface area contributed by atoms with Gasteiger partial charge in [-0.2, -0.15) is 13.2 Å². The lowest BCUT2D eigenvalue weighted by Gasteiger charge is -2.43. The molecule has 6 rings (SSSR count). The van der Waals surface area contributed by atoms with Gasteiger partial charge in [-0.05, 0) is 56.5 Å². The zero-order chi connectivity index (χ0) is 31.5. The smallest absolute Gasteiger partial charge is 0.368 e. The quantitative estimate of drug-likeness (QED) is 0.480. The molecule has 0 aliphatic carbocycles. The molecule has 2 bridgehead atoms. The van der Waals surface area contributed by atoms with Gasteiger partial charge in [0.15, 0.2) is 0 Å². The Kier molecular flexibility index (Phi) is 7.67. The molecule has 5 heterocycles. The van der Waals surface area contributed by atoms with Crippen molar-refractivity contribution in [2.75, 3.05) is 54.5 Å². The van der Waals surface area contributed by atoms with Crippen molar-refractivity contribution in [1.29, 1.82) is 0 Å². The number of hydrogen-bond donors (Lipinski definition) is 0. The molecule has 44 heavy (non-hydrogen) atoms. The Morgan fingerprint density at radius 3 is 2.43 bits per heavy atom. The molecule has 234 valence electrons. The predicted octanol–water partition coefficient (Wildman–Crippen LogP) is 3.78. The summed E-state index contributed by atoms with van der Waals surface area (Å²) in [4.78, 5) is 53.5. The minimum absolute atomic E-state index is 0.0204. The van der Waals surface area contributed by atoms with Crippen molar-refractivity contribution in [3.05, 3.63) is 59.8 Å². The second kappa shape index (κ2) is 11.2. The number of aryl methyl sites for hydroxylation is 2. The molecule has 0 spiro atoms. The van der Waals surface area contributed by atoms with Crippen molar-refractivity contribution >= 4 is 34.9 Å². The Labute approximate surface area is 254 Å². The van der Waals surface area contributed by atoms with E-state index in [2.05, 4.69) is 21.4 Å². The lowest BCUT2D eigenvalue weighted by atomic mass is 9.95. The number of amides is 3. The van der Waals surface area contributed by atoms with Gasteiger partial charge in [-0.25, -0.2) is 4.98 Å². The Balaban J connectivity index is 1.32. The molecule has 2 aromatic rings. The molecule has 0 saturated carbocycles. The number of benzene rings is 1. The Morgan fingerprint density at radius 2 is 1.77 bits per heavy atom. The summed E-state index contributed by atoms with van der Waals surface area (Å²) < 4.78 is 41.1. The third-order valence-corrected chi connectivity index (χ3v) is 9.62. The van der Waals surface area contributed by atoms with Crippen molar-refractivity contribution in [3.8, 4) is 0 Å². The number of nitrogens with zero attached hydrogens (tertiary/aromatic N) is 6. The molecule has 4 aliphatic rings. The third kappa shape index (κ3) is 5.22. The van der Waals surface area contributed by atoms with Crippen LogP contribution in [0.1, 0.15) is 36.1 Å². The number of aromatic nitrogens is 1. The number of likely N-dealkylation sites (N-methyl/N-ethyl adjacent to an activating group) is 1. The number of alkyl halides is 3. The van der Waals surface area contributed by atoms with Gasteiger partial charge in [0.1, 0.15) is 11.9 Å². The van der Waals surface area contributed by atoms with Crippen LogP contribution in [0.3, 0.4) is 0 Å². The van der Waals surface area contributed by atoms with E-state index in [1.807, 2.05) is 30.0 Å². The first kappa shape index (κ1) is 30.1. The van der Waals surface area contributed by atoms with Gasteiger partial charge in [-0.15, -0.1) is 0 Å². The van der Waals surface area contributed by atoms with Crippen molar-refractivity contribution in [1.82, 2.24) is 14.8 Å². The zero-order valence-electron chi connectivity index (χ0n) is 25.2. The van der Waals surface area contributed by atoms with Crippen LogP contribution < -0.4 is 14.7 Å². The molecule has 1 aromatic heterocycles. The highest BCUT2D eigenvalue weighted by atomic mass is 19.4. The van der Waals surface area contributed by atoms with Crippen LogP contribution >= 0.6 is 0 Å². The maximum Gasteiger partial charge on any atom is 0.416 e. The maximum absolute atomic E-state index is 14.1. The van der Waals surface area contributed by atoms with Crippen molar-refractivity contribution in [3.63, 3.8) is 0 Å². The number of piperazine rings is 1. The number of pyridine rings is 1. The van der Waals surface area contributed by atoms with Gasteiger partial charge in [0, 0.05) is 69.9 Å². The zero-order valence-corrected chi connectivity index (χ0v) is 25.2. The van der Waals surface area contributed by atoms with Crippen LogP contribution in [0.4, 0.5) is 30.4 Å². The van der Waals surface area contributed by atoms with Crippen molar-refractivity contribution in [2.45, 2.75) is 57.4 Å². The fraction of sp³-hybridized carbons (Fsp3) is 0.500. The molecule has 12 heteroatoms. The largest absolute Gasteiger partial charge is 0.416 e. The number of carbonyl (C=O) groups excluding carboxylic acids is 3. The SMILES string of the molecule is C=CC(=O)N1CC2CCC(C1)N2CCN1C[C@H]2CC(=O)N(c3cc(C(F)(F)F)cc(C)n3)[C@@H]2C(=O)N(C)c2cccc(C)c21. The van der Waals surface area contributed by atoms with Crippen LogP contribution in [0.5, 0.6) is 0 Å². The second-order valence-corrected chi connectivity index (χ2v) is 12.4. The van der Waals surface area contributed by atoms with Gasteiger partial charge in [0.25, 0.3) is 0 Å². The summed E-state index contributed by atoms with van der Waals surface area (Å²) in [7, 11) is 1.66. The van der Waals surface area contributed by atoms with Crippen molar-refractivity contribution in [2.24, 2.45) is 5.92 Å². The monoisotopic (exact) mass is 610 g/mol. The average molecular weight is 611 g/mol. The average Bonchev–Trinajstić information content (AvgIpc) is 3.42. The summed E-state index contributed by atoms with van der Waals surface area (Å²) >= 11 is 0. The first-order chi connectivity index (χ1) is 20.9. The lowest BCUT2D eigenvalue weighted by molar-refractivity contribution is -0.137. The molecule has 9 nitrogen and oxygen atoms in total. The van der Waals surface area contributed by atoms with E-state index in [-0.39, 0.29) is 41.8 Å². The van der Waals surface area contributed by atoms with E-state index in [0.29, 0.717) is 31.9 Å². The lowest BCUT2D eigenvalue weighted by Crippen LogP contribution is -2.57. The van der Waals surface area contributed by atoms with Gasteiger partial charge in [0.05, 0.1) is 16.9 Å². The number of rotatable bonds is 5. The molecule has 1 aromatic carbocycles. The maximum atomic E-state index is 14.1. The summed E-state index contributed by atoms with van der Waals surface area (Å²) in [6.45, 7) is 10.1. The molecule has 0 N–H and O–H groups in total. The highest BCUT2D eigenvalue weighted by Crippen LogP contribution is 2.42. The second-order valence-electron chi connectivity index (χ2n) is 12.4. The molecule has 3 saturated heterocycles. The number of likely N-dealkylation sites (tertiary alicyclic amines) is 1. The van der Waals surface area contributed by atoms with E-state index >= 15 is 0 Å². The molecule has 0 radical (unpaired) electrons. The number of anilines is 3. The van der Waals surface area contributed by atoms with Crippen LogP contribution in [-0.4, -0.2) is 90.4 Å². The number of fused-ring (bicyclic) bond motifs is 4. The summed E-state index contributed by atoms with van der Waals surface area (Å²) in [5.41, 5.74) is 1.79. The fourth-order valence-corrected chi connectivity index (χ4v) is 7.61. The molecule has 3 amide bonds. The molecule has 4 aliphatic heterocycles. The Hall–Kier alpha value is -3.93. The van der Waals surface area contributed by atoms with Crippen LogP contribution in [0.2, 0.25) is 0 Å². The molecule has 3 fully saturated rings. The molecular weight excluding hydrogens is 573 g/mol. The van der Waals surface area contributed by atoms with Crippen molar-refractivity contribution < 1.29 is 27.6 Å². The van der Waals surface area contributed by atoms with Gasteiger partial charge in [-0.1, -0.05) is 18.7 Å². The van der Waals surface area contributed by atoms with Crippen LogP contribution in [0, 0.1) is 19.8 Å². The van der Waals surface area contributed by atoms with Gasteiger partial charge < -0.3 is 14.7 Å². The standard InChI is InChI=1S/C32H37F3N6O3/c1-5-27(42)39-17-23-9-10-24(18-39)40(23)12-11-38-16-21-14-28(43)41(26-15-22(32(33,34)35)13-20(3)36-26)30(21)31(44)37(4)25-8-6-7-19(2)29(25)38/h5-8,13,15,21,23-24,30H,1,9-12,14,16-18H2,2-4H3/t21-,23?,24?,30+/m1/s1. The summed E-state index contributed by atoms with van der Waals surface area (Å²) in [5, 5.41) is 0. The molecule has 2 unspecified atom stereocenters. The minimum Gasteiger partial charge on any atom is -0.368 e. The summed E-state index contributed by atoms with van der Waals surface area (Å²) in [6.07, 6.45) is -1.21. The molecular formula is C32H37F3N6O3. The highest BCUT2D eigenvalue weighted by Gasteiger charge is 2.50. The van der Waals surface area contributed by atoms with Crippen LogP contribution in [-0.2, 0) is 20.6 Å². The van der Waals surface area contributed by atoms with Gasteiger partial charge >= 0.3 is 6.18 Å². The number of para-hydroxylation sites is 1. The van der Waals surface area contributed by atoms with E-state index in [1.54, 1.807) is 7.05 Å². The fourth-order valence-electron chi connectivity index (χ4n) is 7.61. The summed E-state index contributed by atoms with van der Waals surface area (Å²) in [6, 6.07) is 7.04. The summed E-state index contributed by atoms with van der Waals surface area (Å²) in [5.74, 6) is -1.44. The van der Waals surface area contributed by atoms with E-state index < -0.39 is 29.6 Å². The normalized spacial score (nSPS) is 25.6. The predicted molar refractivity (Wildman–Crippen MR) is 160 cm³/mol. The first-order valence-corrected chi connectivity index (χ1v) is 15.0. The number of carbonyl (C=O) groups is 3. The Morgan fingerprint density at radius 1 is 1.07 bits per heavy atom. The first-order valence-electron chi connectivity index (χ1n) is 15.0. The highest BCUT2D eigenvalue weighted by molar-refractivity contribution is 6.10. The van der Waals surface area contributed by atoms with E-state index in [4.69, 9.17) is 0 Å². The van der Waals surface area contributed by atoms with Crippen LogP contribution in [0.25, 0.3) is 0 Å². The topological polar surface area (TPSA) is 80.3 Å². The van der Waals surface area contributed by atoms with Crippen LogP contribution in [0.15, 0.2) is 43.0 Å². The van der Waals surface area contributed by atoms with Gasteiger partial charge in [0.2, 0.25) is 17.7 Å². The number of hydrogen-bond acceptors (Lipinski definition) is 6. The Bertz CT molecular complexity index is 1500. The number of halogens is 3. The van der Waals surface area contributed by atoms with E-state index in [9.17, 15) is 27.6 Å². The van der Waals surface area contributed by atoms with Gasteiger partial charge in [-0.3, -0.25) is 24.2 Å². The van der Waals surface area contributed by atoms with E-state index in [0.717, 1.165) is 42.8 Å². The molecule has 4 atom stereocenters. The van der Waals surface area contributed by atoms with E-state index in [1.165, 1.54) is 22.8 Å².